The maximum absolute atomic E-state index is 11.9. The Balaban J connectivity index is 2.51. The Labute approximate surface area is 114 Å². The van der Waals surface area contributed by atoms with Gasteiger partial charge in [0, 0.05) is 25.2 Å². The van der Waals surface area contributed by atoms with Gasteiger partial charge in [-0.15, -0.1) is 11.3 Å². The van der Waals surface area contributed by atoms with E-state index in [0.717, 1.165) is 6.54 Å². The van der Waals surface area contributed by atoms with Crippen molar-refractivity contribution in [2.45, 2.75) is 44.0 Å². The molecule has 0 spiro atoms. The molecule has 18 heavy (non-hydrogen) atoms. The third-order valence-corrected chi connectivity index (χ3v) is 5.61. The van der Waals surface area contributed by atoms with Gasteiger partial charge in [-0.05, 0) is 39.1 Å². The molecule has 0 radical (unpaired) electrons. The van der Waals surface area contributed by atoms with E-state index in [2.05, 4.69) is 37.3 Å². The van der Waals surface area contributed by atoms with Gasteiger partial charge in [0.1, 0.15) is 4.21 Å². The standard InChI is InChI=1S/C12H22N2O2S2/c1-10(2)14(11(3)4)8-7-13-18(15,16)12-6-5-9-17-12/h5-6,9-11,13H,7-8H2,1-4H3. The first kappa shape index (κ1) is 15.6. The number of thiophene rings is 1. The molecule has 0 unspecified atom stereocenters. The van der Waals surface area contributed by atoms with Gasteiger partial charge in [-0.2, -0.15) is 0 Å². The summed E-state index contributed by atoms with van der Waals surface area (Å²) in [6.45, 7) is 9.64. The first-order valence-electron chi connectivity index (χ1n) is 6.13. The lowest BCUT2D eigenvalue weighted by atomic mass is 10.2. The molecule has 0 saturated carbocycles. The summed E-state index contributed by atoms with van der Waals surface area (Å²) in [6.07, 6.45) is 0. The van der Waals surface area contributed by atoms with E-state index in [4.69, 9.17) is 0 Å². The van der Waals surface area contributed by atoms with Crippen LogP contribution in [0.3, 0.4) is 0 Å². The van der Waals surface area contributed by atoms with Gasteiger partial charge in [0.25, 0.3) is 0 Å². The first-order chi connectivity index (χ1) is 8.34. The minimum Gasteiger partial charge on any atom is -0.297 e. The molecule has 0 aliphatic rings. The first-order valence-corrected chi connectivity index (χ1v) is 8.50. The number of nitrogens with zero attached hydrogens (tertiary/aromatic N) is 1. The van der Waals surface area contributed by atoms with Gasteiger partial charge in [0.15, 0.2) is 0 Å². The number of hydrogen-bond acceptors (Lipinski definition) is 4. The van der Waals surface area contributed by atoms with Crippen molar-refractivity contribution in [3.05, 3.63) is 17.5 Å². The summed E-state index contributed by atoms with van der Waals surface area (Å²) < 4.78 is 26.8. The van der Waals surface area contributed by atoms with Crippen molar-refractivity contribution in [2.75, 3.05) is 13.1 Å². The highest BCUT2D eigenvalue weighted by Crippen LogP contribution is 2.15. The van der Waals surface area contributed by atoms with E-state index >= 15 is 0 Å². The Morgan fingerprint density at radius 1 is 1.28 bits per heavy atom. The summed E-state index contributed by atoms with van der Waals surface area (Å²) in [6, 6.07) is 4.19. The molecule has 0 fully saturated rings. The Hall–Kier alpha value is -0.430. The molecule has 0 aromatic carbocycles. The normalized spacial score (nSPS) is 12.8. The van der Waals surface area contributed by atoms with Gasteiger partial charge in [-0.1, -0.05) is 6.07 Å². The van der Waals surface area contributed by atoms with Crippen LogP contribution in [0.15, 0.2) is 21.7 Å². The second-order valence-electron chi connectivity index (χ2n) is 4.76. The van der Waals surface area contributed by atoms with Crippen LogP contribution >= 0.6 is 11.3 Å². The Bertz CT molecular complexity index is 431. The average Bonchev–Trinajstić information content (AvgIpc) is 2.76. The maximum atomic E-state index is 11.9. The van der Waals surface area contributed by atoms with E-state index in [9.17, 15) is 8.42 Å². The zero-order chi connectivity index (χ0) is 13.8. The molecule has 0 saturated heterocycles. The van der Waals surface area contributed by atoms with Crippen LogP contribution in [0.1, 0.15) is 27.7 Å². The number of rotatable bonds is 7. The second-order valence-corrected chi connectivity index (χ2v) is 7.70. The molecule has 1 aromatic heterocycles. The molecule has 0 aliphatic carbocycles. The minimum atomic E-state index is -3.32. The van der Waals surface area contributed by atoms with Crippen molar-refractivity contribution < 1.29 is 8.42 Å². The highest BCUT2D eigenvalue weighted by atomic mass is 32.2. The highest BCUT2D eigenvalue weighted by Gasteiger charge is 2.17. The third kappa shape index (κ3) is 4.35. The summed E-state index contributed by atoms with van der Waals surface area (Å²) in [4.78, 5) is 2.26. The lowest BCUT2D eigenvalue weighted by Gasteiger charge is -2.30. The summed E-state index contributed by atoms with van der Waals surface area (Å²) in [5.74, 6) is 0. The van der Waals surface area contributed by atoms with Crippen molar-refractivity contribution in [1.29, 1.82) is 0 Å². The lowest BCUT2D eigenvalue weighted by molar-refractivity contribution is 0.179. The van der Waals surface area contributed by atoms with E-state index in [-0.39, 0.29) is 0 Å². The molecular formula is C12H22N2O2S2. The van der Waals surface area contributed by atoms with Crippen LogP contribution in [0.25, 0.3) is 0 Å². The molecule has 0 amide bonds. The summed E-state index contributed by atoms with van der Waals surface area (Å²) in [5, 5.41) is 1.77. The van der Waals surface area contributed by atoms with Crippen LogP contribution in [0.5, 0.6) is 0 Å². The molecule has 6 heteroatoms. The smallest absolute Gasteiger partial charge is 0.250 e. The van der Waals surface area contributed by atoms with Crippen molar-refractivity contribution in [2.24, 2.45) is 0 Å². The van der Waals surface area contributed by atoms with Crippen LogP contribution in [0.4, 0.5) is 0 Å². The predicted octanol–water partition coefficient (Wildman–Crippen LogP) is 2.15. The van der Waals surface area contributed by atoms with Crippen molar-refractivity contribution in [3.63, 3.8) is 0 Å². The molecule has 1 N–H and O–H groups in total. The molecule has 104 valence electrons. The predicted molar refractivity (Wildman–Crippen MR) is 76.5 cm³/mol. The summed E-state index contributed by atoms with van der Waals surface area (Å²) in [5.41, 5.74) is 0. The zero-order valence-electron chi connectivity index (χ0n) is 11.4. The molecule has 4 nitrogen and oxygen atoms in total. The zero-order valence-corrected chi connectivity index (χ0v) is 13.0. The molecule has 0 atom stereocenters. The van der Waals surface area contributed by atoms with E-state index in [0.29, 0.717) is 22.8 Å². The topological polar surface area (TPSA) is 49.4 Å². The fourth-order valence-corrected chi connectivity index (χ4v) is 3.97. The van der Waals surface area contributed by atoms with Crippen molar-refractivity contribution in [3.8, 4) is 0 Å². The summed E-state index contributed by atoms with van der Waals surface area (Å²) >= 11 is 1.24. The third-order valence-electron chi connectivity index (χ3n) is 2.75. The number of nitrogens with one attached hydrogen (secondary N) is 1. The van der Waals surface area contributed by atoms with Crippen LogP contribution < -0.4 is 4.72 Å². The Morgan fingerprint density at radius 3 is 2.33 bits per heavy atom. The minimum absolute atomic E-state index is 0.378. The second kappa shape index (κ2) is 6.65. The number of hydrogen-bond donors (Lipinski definition) is 1. The Morgan fingerprint density at radius 2 is 1.89 bits per heavy atom. The molecule has 0 bridgehead atoms. The maximum Gasteiger partial charge on any atom is 0.250 e. The fraction of sp³-hybridized carbons (Fsp3) is 0.667. The van der Waals surface area contributed by atoms with Crippen molar-refractivity contribution in [1.82, 2.24) is 9.62 Å². The average molecular weight is 290 g/mol. The molecular weight excluding hydrogens is 268 g/mol. The molecule has 1 rings (SSSR count). The highest BCUT2D eigenvalue weighted by molar-refractivity contribution is 7.91. The van der Waals surface area contributed by atoms with E-state index < -0.39 is 10.0 Å². The lowest BCUT2D eigenvalue weighted by Crippen LogP contribution is -2.42. The van der Waals surface area contributed by atoms with Gasteiger partial charge in [0.2, 0.25) is 10.0 Å². The Kier molecular flexibility index (Phi) is 5.78. The van der Waals surface area contributed by atoms with Gasteiger partial charge >= 0.3 is 0 Å². The van der Waals surface area contributed by atoms with Crippen LogP contribution in [0, 0.1) is 0 Å². The molecule has 0 aliphatic heterocycles. The van der Waals surface area contributed by atoms with Gasteiger partial charge in [0.05, 0.1) is 0 Å². The van der Waals surface area contributed by atoms with Gasteiger partial charge < -0.3 is 0 Å². The van der Waals surface area contributed by atoms with Crippen LogP contribution in [-0.4, -0.2) is 38.5 Å². The SMILES string of the molecule is CC(C)N(CCNS(=O)(=O)c1cccs1)C(C)C. The largest absolute Gasteiger partial charge is 0.297 e. The van der Waals surface area contributed by atoms with E-state index in [1.807, 2.05) is 0 Å². The van der Waals surface area contributed by atoms with Gasteiger partial charge in [-0.25, -0.2) is 13.1 Å². The molecule has 1 aromatic rings. The quantitative estimate of drug-likeness (QED) is 0.837. The fourth-order valence-electron chi connectivity index (χ4n) is 1.91. The number of sulfonamides is 1. The van der Waals surface area contributed by atoms with E-state index in [1.165, 1.54) is 11.3 Å². The van der Waals surface area contributed by atoms with E-state index in [1.54, 1.807) is 17.5 Å². The van der Waals surface area contributed by atoms with Crippen LogP contribution in [0.2, 0.25) is 0 Å². The van der Waals surface area contributed by atoms with Crippen molar-refractivity contribution >= 4 is 21.4 Å². The van der Waals surface area contributed by atoms with Gasteiger partial charge in [-0.3, -0.25) is 4.90 Å². The monoisotopic (exact) mass is 290 g/mol. The van der Waals surface area contributed by atoms with Crippen LogP contribution in [-0.2, 0) is 10.0 Å². The molecule has 1 heterocycles. The summed E-state index contributed by atoms with van der Waals surface area (Å²) in [7, 11) is -3.32.